The molecule has 0 radical (unpaired) electrons. The number of halogens is 1. The summed E-state index contributed by atoms with van der Waals surface area (Å²) in [6.07, 6.45) is 0.448. The Labute approximate surface area is 183 Å². The van der Waals surface area contributed by atoms with Crippen LogP contribution >= 0.6 is 11.6 Å². The van der Waals surface area contributed by atoms with Crippen LogP contribution in [0.4, 0.5) is 5.69 Å². The van der Waals surface area contributed by atoms with E-state index in [0.717, 1.165) is 16.8 Å². The molecular formula is C22H27ClN2O4S. The number of nitrogens with zero attached hydrogens (tertiary/aromatic N) is 2. The molecule has 2 aromatic carbocycles. The number of benzene rings is 2. The molecule has 0 spiro atoms. The van der Waals surface area contributed by atoms with E-state index < -0.39 is 9.84 Å². The third-order valence-electron chi connectivity index (χ3n) is 5.26. The van der Waals surface area contributed by atoms with E-state index in [1.54, 1.807) is 23.1 Å². The summed E-state index contributed by atoms with van der Waals surface area (Å²) in [5.41, 5.74) is 2.84. The van der Waals surface area contributed by atoms with Gasteiger partial charge >= 0.3 is 0 Å². The Balaban J connectivity index is 1.75. The smallest absolute Gasteiger partial charge is 0.261 e. The number of rotatable bonds is 7. The first-order chi connectivity index (χ1) is 14.1. The first-order valence-electron chi connectivity index (χ1n) is 9.80. The number of anilines is 1. The van der Waals surface area contributed by atoms with Crippen LogP contribution in [0.2, 0.25) is 5.02 Å². The van der Waals surface area contributed by atoms with Gasteiger partial charge in [0, 0.05) is 37.4 Å². The van der Waals surface area contributed by atoms with Gasteiger partial charge in [0.25, 0.3) is 5.91 Å². The van der Waals surface area contributed by atoms with E-state index in [4.69, 9.17) is 16.3 Å². The molecule has 1 amide bonds. The minimum Gasteiger partial charge on any atom is -0.483 e. The summed E-state index contributed by atoms with van der Waals surface area (Å²) in [5.74, 6) is 0.456. The third kappa shape index (κ3) is 5.67. The van der Waals surface area contributed by atoms with Crippen LogP contribution in [0.25, 0.3) is 0 Å². The Kier molecular flexibility index (Phi) is 6.93. The molecule has 30 heavy (non-hydrogen) atoms. The molecule has 2 aromatic rings. The van der Waals surface area contributed by atoms with Crippen molar-refractivity contribution in [2.24, 2.45) is 0 Å². The molecule has 1 aliphatic rings. The van der Waals surface area contributed by atoms with Crippen LogP contribution in [0.3, 0.4) is 0 Å². The van der Waals surface area contributed by atoms with Crippen LogP contribution in [0.1, 0.15) is 17.5 Å². The second-order valence-electron chi connectivity index (χ2n) is 7.84. The van der Waals surface area contributed by atoms with Gasteiger partial charge in [-0.25, -0.2) is 8.42 Å². The molecule has 0 bridgehead atoms. The molecule has 1 fully saturated rings. The zero-order valence-electron chi connectivity index (χ0n) is 17.5. The average Bonchev–Trinajstić information content (AvgIpc) is 3.05. The minimum absolute atomic E-state index is 0.00546. The van der Waals surface area contributed by atoms with Crippen LogP contribution in [-0.2, 0) is 21.2 Å². The van der Waals surface area contributed by atoms with Gasteiger partial charge in [0.15, 0.2) is 16.4 Å². The number of amides is 1. The van der Waals surface area contributed by atoms with Crippen molar-refractivity contribution in [3.05, 3.63) is 58.6 Å². The molecule has 0 aromatic heterocycles. The normalized spacial score (nSPS) is 17.5. The van der Waals surface area contributed by atoms with Gasteiger partial charge in [0.05, 0.1) is 11.5 Å². The van der Waals surface area contributed by atoms with Gasteiger partial charge in [0.1, 0.15) is 5.75 Å². The minimum atomic E-state index is -3.12. The number of aryl methyl sites for hydroxylation is 1. The largest absolute Gasteiger partial charge is 0.483 e. The van der Waals surface area contributed by atoms with Crippen LogP contribution in [0, 0.1) is 6.92 Å². The molecule has 0 saturated carbocycles. The Morgan fingerprint density at radius 2 is 1.87 bits per heavy atom. The molecule has 6 nitrogen and oxygen atoms in total. The van der Waals surface area contributed by atoms with Crippen molar-refractivity contribution in [3.8, 4) is 5.75 Å². The van der Waals surface area contributed by atoms with E-state index in [0.29, 0.717) is 23.7 Å². The van der Waals surface area contributed by atoms with Gasteiger partial charge in [0.2, 0.25) is 0 Å². The van der Waals surface area contributed by atoms with E-state index in [-0.39, 0.29) is 30.1 Å². The van der Waals surface area contributed by atoms with Gasteiger partial charge in [-0.15, -0.1) is 0 Å². The molecular weight excluding hydrogens is 424 g/mol. The van der Waals surface area contributed by atoms with Gasteiger partial charge < -0.3 is 14.5 Å². The van der Waals surface area contributed by atoms with Crippen molar-refractivity contribution in [2.75, 3.05) is 37.1 Å². The number of hydrogen-bond donors (Lipinski definition) is 0. The number of sulfone groups is 1. The number of carbonyl (C=O) groups is 1. The van der Waals surface area contributed by atoms with E-state index in [9.17, 15) is 13.2 Å². The Morgan fingerprint density at radius 3 is 2.43 bits per heavy atom. The highest BCUT2D eigenvalue weighted by Crippen LogP contribution is 2.24. The summed E-state index contributed by atoms with van der Waals surface area (Å²) in [6, 6.07) is 12.8. The van der Waals surface area contributed by atoms with Gasteiger partial charge in [-0.2, -0.15) is 0 Å². The fourth-order valence-electron chi connectivity index (χ4n) is 3.54. The van der Waals surface area contributed by atoms with E-state index in [2.05, 4.69) is 0 Å². The zero-order chi connectivity index (χ0) is 21.9. The van der Waals surface area contributed by atoms with Crippen LogP contribution in [0.15, 0.2) is 42.5 Å². The topological polar surface area (TPSA) is 66.9 Å². The van der Waals surface area contributed by atoms with Crippen molar-refractivity contribution in [3.63, 3.8) is 0 Å². The van der Waals surface area contributed by atoms with E-state index in [1.165, 1.54) is 0 Å². The Bertz CT molecular complexity index is 1010. The zero-order valence-corrected chi connectivity index (χ0v) is 19.0. The summed E-state index contributed by atoms with van der Waals surface area (Å²) < 4.78 is 29.7. The standard InChI is InChI=1S/C22H27ClN2O4S/c1-16-12-18(23)6-9-21(16)29-14-22(26)25(20-10-11-30(27,28)15-20)13-17-4-7-19(8-5-17)24(2)3/h4-9,12,20H,10-11,13-15H2,1-3H3/t20-/m0/s1. The second kappa shape index (κ2) is 9.27. The lowest BCUT2D eigenvalue weighted by Crippen LogP contribution is -2.43. The average molecular weight is 451 g/mol. The fourth-order valence-corrected chi connectivity index (χ4v) is 5.49. The number of carbonyl (C=O) groups excluding carboxylic acids is 1. The molecule has 1 heterocycles. The molecule has 162 valence electrons. The predicted octanol–water partition coefficient (Wildman–Crippen LogP) is 3.31. The van der Waals surface area contributed by atoms with Crippen molar-refractivity contribution >= 4 is 33.0 Å². The maximum Gasteiger partial charge on any atom is 0.261 e. The summed E-state index contributed by atoms with van der Waals surface area (Å²) in [7, 11) is 0.806. The summed E-state index contributed by atoms with van der Waals surface area (Å²) in [6.45, 7) is 2.05. The maximum atomic E-state index is 13.0. The molecule has 8 heteroatoms. The number of ether oxygens (including phenoxy) is 1. The second-order valence-corrected chi connectivity index (χ2v) is 10.5. The molecule has 0 N–H and O–H groups in total. The molecule has 0 aliphatic carbocycles. The highest BCUT2D eigenvalue weighted by molar-refractivity contribution is 7.91. The predicted molar refractivity (Wildman–Crippen MR) is 120 cm³/mol. The highest BCUT2D eigenvalue weighted by atomic mass is 35.5. The molecule has 1 atom stereocenters. The molecule has 1 aliphatic heterocycles. The highest BCUT2D eigenvalue weighted by Gasteiger charge is 2.34. The first kappa shape index (κ1) is 22.4. The van der Waals surface area contributed by atoms with Gasteiger partial charge in [-0.1, -0.05) is 23.7 Å². The van der Waals surface area contributed by atoms with Gasteiger partial charge in [-0.05, 0) is 54.8 Å². The van der Waals surface area contributed by atoms with E-state index in [1.807, 2.05) is 50.2 Å². The molecule has 1 saturated heterocycles. The molecule has 0 unspecified atom stereocenters. The maximum absolute atomic E-state index is 13.0. The lowest BCUT2D eigenvalue weighted by Gasteiger charge is -2.28. The van der Waals surface area contributed by atoms with Gasteiger partial charge in [-0.3, -0.25) is 4.79 Å². The van der Waals surface area contributed by atoms with Crippen molar-refractivity contribution in [1.29, 1.82) is 0 Å². The Morgan fingerprint density at radius 1 is 1.17 bits per heavy atom. The number of hydrogen-bond acceptors (Lipinski definition) is 5. The van der Waals surface area contributed by atoms with Crippen LogP contribution < -0.4 is 9.64 Å². The Hall–Kier alpha value is -2.25. The van der Waals surface area contributed by atoms with Crippen molar-refractivity contribution in [1.82, 2.24) is 4.90 Å². The first-order valence-corrected chi connectivity index (χ1v) is 12.0. The quantitative estimate of drug-likeness (QED) is 0.647. The van der Waals surface area contributed by atoms with E-state index >= 15 is 0 Å². The SMILES string of the molecule is Cc1cc(Cl)ccc1OCC(=O)N(Cc1ccc(N(C)C)cc1)[C@H]1CCS(=O)(=O)C1. The lowest BCUT2D eigenvalue weighted by atomic mass is 10.1. The molecule has 3 rings (SSSR count). The monoisotopic (exact) mass is 450 g/mol. The fraction of sp³-hybridized carbons (Fsp3) is 0.409. The van der Waals surface area contributed by atoms with Crippen molar-refractivity contribution in [2.45, 2.75) is 25.9 Å². The van der Waals surface area contributed by atoms with Crippen LogP contribution in [0.5, 0.6) is 5.75 Å². The summed E-state index contributed by atoms with van der Waals surface area (Å²) >= 11 is 5.97. The van der Waals surface area contributed by atoms with Crippen molar-refractivity contribution < 1.29 is 17.9 Å². The van der Waals surface area contributed by atoms with Crippen LogP contribution in [-0.4, -0.2) is 57.5 Å². The summed E-state index contributed by atoms with van der Waals surface area (Å²) in [4.78, 5) is 16.7. The third-order valence-corrected chi connectivity index (χ3v) is 7.25. The summed E-state index contributed by atoms with van der Waals surface area (Å²) in [5, 5.41) is 0.602. The lowest BCUT2D eigenvalue weighted by molar-refractivity contribution is -0.136.